The first-order chi connectivity index (χ1) is 9.83. The van der Waals surface area contributed by atoms with Crippen molar-refractivity contribution in [1.82, 2.24) is 4.90 Å². The molecule has 0 bridgehead atoms. The normalized spacial score (nSPS) is 14.7. The predicted molar refractivity (Wildman–Crippen MR) is 84.9 cm³/mol. The van der Waals surface area contributed by atoms with Crippen molar-refractivity contribution in [1.29, 1.82) is 0 Å². The zero-order chi connectivity index (χ0) is 13.8. The molecule has 0 spiro atoms. The first-order valence-electron chi connectivity index (χ1n) is 6.77. The van der Waals surface area contributed by atoms with Crippen LogP contribution in [0.5, 0.6) is 0 Å². The monoisotopic (exact) mass is 301 g/mol. The molecule has 1 amide bonds. The molecule has 2 aromatic rings. The minimum Gasteiger partial charge on any atom is -0.332 e. The minimum atomic E-state index is -0.0317. The molecule has 102 valence electrons. The smallest absolute Gasteiger partial charge is 0.298 e. The van der Waals surface area contributed by atoms with E-state index in [2.05, 4.69) is 29.4 Å². The van der Waals surface area contributed by atoms with Crippen LogP contribution >= 0.6 is 22.7 Å². The van der Waals surface area contributed by atoms with Gasteiger partial charge in [0.2, 0.25) is 0 Å². The number of hydrogen-bond acceptors (Lipinski definition) is 3. The van der Waals surface area contributed by atoms with Crippen LogP contribution in [0.25, 0.3) is 9.75 Å². The standard InChI is InChI=1S/C16H15NOS2/c18-16(17-10-2-1-3-11-17)9-7-13-6-8-15(20-13)14-5-4-12-19-14/h4-6,8,12H,1-3,10-11H2. The highest BCUT2D eigenvalue weighted by Crippen LogP contribution is 2.30. The van der Waals surface area contributed by atoms with E-state index in [1.807, 2.05) is 17.0 Å². The van der Waals surface area contributed by atoms with Crippen molar-refractivity contribution in [2.24, 2.45) is 0 Å². The summed E-state index contributed by atoms with van der Waals surface area (Å²) < 4.78 is 0. The van der Waals surface area contributed by atoms with Crippen molar-refractivity contribution in [2.75, 3.05) is 13.1 Å². The van der Waals surface area contributed by atoms with Crippen LogP contribution in [0.3, 0.4) is 0 Å². The molecule has 0 N–H and O–H groups in total. The van der Waals surface area contributed by atoms with E-state index in [4.69, 9.17) is 0 Å². The molecule has 0 aliphatic carbocycles. The van der Waals surface area contributed by atoms with Crippen molar-refractivity contribution >= 4 is 28.6 Å². The van der Waals surface area contributed by atoms with E-state index < -0.39 is 0 Å². The summed E-state index contributed by atoms with van der Waals surface area (Å²) >= 11 is 3.37. The summed E-state index contributed by atoms with van der Waals surface area (Å²) in [4.78, 5) is 17.3. The molecule has 1 saturated heterocycles. The molecule has 0 radical (unpaired) electrons. The van der Waals surface area contributed by atoms with Crippen LogP contribution in [0.4, 0.5) is 0 Å². The molecule has 0 aromatic carbocycles. The largest absolute Gasteiger partial charge is 0.332 e. The Morgan fingerprint density at radius 2 is 1.95 bits per heavy atom. The minimum absolute atomic E-state index is 0.0317. The van der Waals surface area contributed by atoms with E-state index >= 15 is 0 Å². The lowest BCUT2D eigenvalue weighted by molar-refractivity contribution is -0.125. The summed E-state index contributed by atoms with van der Waals surface area (Å²) in [5, 5.41) is 2.07. The molecule has 0 atom stereocenters. The molecule has 3 rings (SSSR count). The van der Waals surface area contributed by atoms with Gasteiger partial charge in [0.25, 0.3) is 5.91 Å². The van der Waals surface area contributed by atoms with Crippen LogP contribution in [0.2, 0.25) is 0 Å². The molecule has 20 heavy (non-hydrogen) atoms. The third-order valence-electron chi connectivity index (χ3n) is 3.31. The third-order valence-corrected chi connectivity index (χ3v) is 5.37. The molecular weight excluding hydrogens is 286 g/mol. The summed E-state index contributed by atoms with van der Waals surface area (Å²) in [6.07, 6.45) is 3.44. The predicted octanol–water partition coefficient (Wildman–Crippen LogP) is 3.84. The number of thiophene rings is 2. The lowest BCUT2D eigenvalue weighted by Crippen LogP contribution is -2.34. The van der Waals surface area contributed by atoms with Gasteiger partial charge in [0.05, 0.1) is 4.88 Å². The van der Waals surface area contributed by atoms with Gasteiger partial charge in [0.1, 0.15) is 0 Å². The van der Waals surface area contributed by atoms with E-state index in [-0.39, 0.29) is 5.91 Å². The number of nitrogens with zero attached hydrogens (tertiary/aromatic N) is 1. The number of piperidine rings is 1. The number of hydrogen-bond donors (Lipinski definition) is 0. The van der Waals surface area contributed by atoms with Crippen molar-refractivity contribution in [2.45, 2.75) is 19.3 Å². The van der Waals surface area contributed by atoms with Gasteiger partial charge in [0.15, 0.2) is 0 Å². The van der Waals surface area contributed by atoms with Crippen molar-refractivity contribution < 1.29 is 4.79 Å². The maximum atomic E-state index is 12.0. The Labute approximate surface area is 127 Å². The van der Waals surface area contributed by atoms with Gasteiger partial charge in [-0.05, 0) is 48.8 Å². The second-order valence-electron chi connectivity index (χ2n) is 4.74. The van der Waals surface area contributed by atoms with Gasteiger partial charge in [-0.25, -0.2) is 0 Å². The van der Waals surface area contributed by atoms with Gasteiger partial charge in [-0.1, -0.05) is 6.07 Å². The summed E-state index contributed by atoms with van der Waals surface area (Å²) in [5.41, 5.74) is 0. The van der Waals surface area contributed by atoms with Crippen molar-refractivity contribution in [3.8, 4) is 21.6 Å². The topological polar surface area (TPSA) is 20.3 Å². The van der Waals surface area contributed by atoms with Crippen LogP contribution in [0.1, 0.15) is 24.1 Å². The number of carbonyl (C=O) groups excluding carboxylic acids is 1. The Morgan fingerprint density at radius 3 is 2.70 bits per heavy atom. The zero-order valence-corrected chi connectivity index (χ0v) is 12.7. The fraction of sp³-hybridized carbons (Fsp3) is 0.312. The number of likely N-dealkylation sites (tertiary alicyclic amines) is 1. The van der Waals surface area contributed by atoms with Gasteiger partial charge in [-0.15, -0.1) is 22.7 Å². The van der Waals surface area contributed by atoms with E-state index in [1.165, 1.54) is 16.2 Å². The first kappa shape index (κ1) is 13.4. The van der Waals surface area contributed by atoms with E-state index in [0.29, 0.717) is 0 Å². The molecule has 3 heterocycles. The average Bonchev–Trinajstić information content (AvgIpc) is 3.16. The fourth-order valence-electron chi connectivity index (χ4n) is 2.25. The van der Waals surface area contributed by atoms with E-state index in [1.54, 1.807) is 22.7 Å². The number of carbonyl (C=O) groups is 1. The fourth-order valence-corrected chi connectivity index (χ4v) is 3.94. The Balaban J connectivity index is 1.69. The molecule has 1 aliphatic heterocycles. The van der Waals surface area contributed by atoms with E-state index in [9.17, 15) is 4.79 Å². The zero-order valence-electron chi connectivity index (χ0n) is 11.1. The van der Waals surface area contributed by atoms with Crippen molar-refractivity contribution in [3.63, 3.8) is 0 Å². The lowest BCUT2D eigenvalue weighted by Gasteiger charge is -2.24. The highest BCUT2D eigenvalue weighted by Gasteiger charge is 2.14. The molecule has 2 nitrogen and oxygen atoms in total. The molecular formula is C16H15NOS2. The molecule has 2 aromatic heterocycles. The Kier molecular flexibility index (Phi) is 4.19. The van der Waals surface area contributed by atoms with E-state index in [0.717, 1.165) is 30.8 Å². The second kappa shape index (κ2) is 6.25. The Morgan fingerprint density at radius 1 is 1.10 bits per heavy atom. The summed E-state index contributed by atoms with van der Waals surface area (Å²) in [6.45, 7) is 1.72. The van der Waals surface area contributed by atoms with Gasteiger partial charge in [-0.3, -0.25) is 4.79 Å². The maximum absolute atomic E-state index is 12.0. The second-order valence-corrected chi connectivity index (χ2v) is 6.78. The molecule has 1 fully saturated rings. The first-order valence-corrected chi connectivity index (χ1v) is 8.47. The highest BCUT2D eigenvalue weighted by atomic mass is 32.1. The van der Waals surface area contributed by atoms with Crippen LogP contribution < -0.4 is 0 Å². The molecule has 4 heteroatoms. The van der Waals surface area contributed by atoms with Crippen LogP contribution in [0, 0.1) is 11.8 Å². The molecule has 0 unspecified atom stereocenters. The number of rotatable bonds is 1. The summed E-state index contributed by atoms with van der Waals surface area (Å²) in [7, 11) is 0. The Bertz CT molecular complexity index is 640. The van der Waals surface area contributed by atoms with Crippen LogP contribution in [-0.2, 0) is 4.79 Å². The van der Waals surface area contributed by atoms with Crippen LogP contribution in [0.15, 0.2) is 29.6 Å². The summed E-state index contributed by atoms with van der Waals surface area (Å²) in [5.74, 6) is 5.75. The van der Waals surface area contributed by atoms with Gasteiger partial charge < -0.3 is 4.90 Å². The van der Waals surface area contributed by atoms with Gasteiger partial charge in [-0.2, -0.15) is 0 Å². The third kappa shape index (κ3) is 3.12. The Hall–Kier alpha value is -1.57. The lowest BCUT2D eigenvalue weighted by atomic mass is 10.1. The van der Waals surface area contributed by atoms with Crippen molar-refractivity contribution in [3.05, 3.63) is 34.5 Å². The quantitative estimate of drug-likeness (QED) is 0.733. The average molecular weight is 301 g/mol. The SMILES string of the molecule is O=C(C#Cc1ccc(-c2cccs2)s1)N1CCCCC1. The molecule has 0 saturated carbocycles. The maximum Gasteiger partial charge on any atom is 0.298 e. The number of amides is 1. The van der Waals surface area contributed by atoms with Gasteiger partial charge >= 0.3 is 0 Å². The highest BCUT2D eigenvalue weighted by molar-refractivity contribution is 7.21. The van der Waals surface area contributed by atoms with Crippen LogP contribution in [-0.4, -0.2) is 23.9 Å². The summed E-state index contributed by atoms with van der Waals surface area (Å²) in [6, 6.07) is 8.22. The van der Waals surface area contributed by atoms with Gasteiger partial charge in [0, 0.05) is 28.8 Å². The molecule has 1 aliphatic rings.